The summed E-state index contributed by atoms with van der Waals surface area (Å²) in [7, 11) is 6.46. The van der Waals surface area contributed by atoms with Gasteiger partial charge in [-0.05, 0) is 96.8 Å². The van der Waals surface area contributed by atoms with Crippen molar-refractivity contribution in [2.24, 2.45) is 0 Å². The fourth-order valence-electron chi connectivity index (χ4n) is 6.44. The van der Waals surface area contributed by atoms with Crippen molar-refractivity contribution < 1.29 is 27.7 Å². The summed E-state index contributed by atoms with van der Waals surface area (Å²) in [5, 5.41) is 0. The Hall–Kier alpha value is -5.22. The number of rotatable bonds is 12. The van der Waals surface area contributed by atoms with E-state index in [2.05, 4.69) is 44.0 Å². The Labute approximate surface area is 285 Å². The number of benzene rings is 3. The third-order valence-electron chi connectivity index (χ3n) is 8.93. The third-order valence-corrected chi connectivity index (χ3v) is 8.93. The van der Waals surface area contributed by atoms with Crippen molar-refractivity contribution in [2.45, 2.75) is 32.0 Å². The number of hydrogen-bond acceptors (Lipinski definition) is 8. The summed E-state index contributed by atoms with van der Waals surface area (Å²) < 4.78 is 50.0. The van der Waals surface area contributed by atoms with Gasteiger partial charge in [0.1, 0.15) is 17.4 Å². The van der Waals surface area contributed by atoms with Crippen LogP contribution in [-0.4, -0.2) is 62.4 Å². The van der Waals surface area contributed by atoms with Crippen LogP contribution < -0.4 is 23.8 Å². The molecule has 5 aromatic rings. The van der Waals surface area contributed by atoms with Gasteiger partial charge in [0, 0.05) is 67.5 Å². The molecule has 254 valence electrons. The number of likely N-dealkylation sites (tertiary alicyclic amines) is 1. The van der Waals surface area contributed by atoms with E-state index in [1.807, 2.05) is 42.6 Å². The third kappa shape index (κ3) is 7.92. The van der Waals surface area contributed by atoms with Gasteiger partial charge in [0.25, 0.3) is 0 Å². The van der Waals surface area contributed by atoms with Crippen molar-refractivity contribution in [3.8, 4) is 45.5 Å². The Morgan fingerprint density at radius 1 is 0.673 bits per heavy atom. The smallest absolute Gasteiger partial charge is 0.203 e. The molecular formula is C39H40F2N4O4. The maximum atomic E-state index is 14.0. The molecule has 0 amide bonds. The topological polar surface area (TPSA) is 69.2 Å². The average molecular weight is 667 g/mol. The van der Waals surface area contributed by atoms with Crippen LogP contribution in [0.4, 0.5) is 14.5 Å². The summed E-state index contributed by atoms with van der Waals surface area (Å²) in [6, 6.07) is 23.7. The molecule has 1 fully saturated rings. The summed E-state index contributed by atoms with van der Waals surface area (Å²) in [6.45, 7) is 3.26. The van der Waals surface area contributed by atoms with Crippen LogP contribution in [0, 0.1) is 11.6 Å². The van der Waals surface area contributed by atoms with Gasteiger partial charge >= 0.3 is 0 Å². The zero-order valence-electron chi connectivity index (χ0n) is 28.2. The Morgan fingerprint density at radius 2 is 1.24 bits per heavy atom. The van der Waals surface area contributed by atoms with E-state index in [0.717, 1.165) is 66.8 Å². The second-order valence-electron chi connectivity index (χ2n) is 12.0. The van der Waals surface area contributed by atoms with Gasteiger partial charge in [-0.1, -0.05) is 0 Å². The molecule has 1 aliphatic rings. The predicted molar refractivity (Wildman–Crippen MR) is 186 cm³/mol. The lowest BCUT2D eigenvalue weighted by atomic mass is 10.00. The van der Waals surface area contributed by atoms with Crippen molar-refractivity contribution >= 4 is 5.69 Å². The molecular weight excluding hydrogens is 626 g/mol. The lowest BCUT2D eigenvalue weighted by Crippen LogP contribution is -2.44. The molecule has 8 nitrogen and oxygen atoms in total. The lowest BCUT2D eigenvalue weighted by molar-refractivity contribution is 0.201. The number of halogens is 2. The minimum absolute atomic E-state index is 0.278. The Balaban J connectivity index is 1.18. The summed E-state index contributed by atoms with van der Waals surface area (Å²) in [6.07, 6.45) is 5.46. The SMILES string of the molecule is COc1ccc(N(Cc2ccnc(-c3cc(F)cc(F)c3)c2)C2CCN(Cc3ccnc(-c4cc(OC)c(OC)c(OC)c4)c3)CC2)cc1. The van der Waals surface area contributed by atoms with E-state index in [1.54, 1.807) is 34.6 Å². The fourth-order valence-corrected chi connectivity index (χ4v) is 6.44. The molecule has 0 unspecified atom stereocenters. The maximum absolute atomic E-state index is 14.0. The van der Waals surface area contributed by atoms with Crippen molar-refractivity contribution in [2.75, 3.05) is 46.4 Å². The van der Waals surface area contributed by atoms with E-state index < -0.39 is 11.6 Å². The van der Waals surface area contributed by atoms with Crippen LogP contribution in [0.15, 0.2) is 91.3 Å². The van der Waals surface area contributed by atoms with Gasteiger partial charge in [0.2, 0.25) is 5.75 Å². The van der Waals surface area contributed by atoms with Crippen LogP contribution in [0.25, 0.3) is 22.5 Å². The number of anilines is 1. The largest absolute Gasteiger partial charge is 0.497 e. The van der Waals surface area contributed by atoms with Crippen molar-refractivity contribution in [1.29, 1.82) is 0 Å². The Bertz CT molecular complexity index is 1830. The lowest BCUT2D eigenvalue weighted by Gasteiger charge is -2.40. The number of methoxy groups -OCH3 is 4. The van der Waals surface area contributed by atoms with E-state index in [1.165, 1.54) is 17.7 Å². The van der Waals surface area contributed by atoms with E-state index in [0.29, 0.717) is 35.1 Å². The van der Waals surface area contributed by atoms with Gasteiger partial charge in [-0.2, -0.15) is 0 Å². The summed E-state index contributed by atoms with van der Waals surface area (Å²) in [4.78, 5) is 13.9. The number of piperidine rings is 1. The molecule has 10 heteroatoms. The Morgan fingerprint density at radius 3 is 1.82 bits per heavy atom. The molecule has 0 bridgehead atoms. The second-order valence-corrected chi connectivity index (χ2v) is 12.0. The molecule has 6 rings (SSSR count). The Kier molecular flexibility index (Phi) is 10.5. The van der Waals surface area contributed by atoms with Crippen LogP contribution in [0.3, 0.4) is 0 Å². The number of aromatic nitrogens is 2. The van der Waals surface area contributed by atoms with Crippen LogP contribution in [-0.2, 0) is 13.1 Å². The first-order valence-electron chi connectivity index (χ1n) is 16.2. The fraction of sp³-hybridized carbons (Fsp3) is 0.282. The van der Waals surface area contributed by atoms with Crippen molar-refractivity contribution in [3.05, 3.63) is 114 Å². The van der Waals surface area contributed by atoms with Crippen molar-refractivity contribution in [3.63, 3.8) is 0 Å². The van der Waals surface area contributed by atoms with Crippen molar-refractivity contribution in [1.82, 2.24) is 14.9 Å². The molecule has 2 aromatic heterocycles. The molecule has 0 N–H and O–H groups in total. The number of nitrogens with zero attached hydrogens (tertiary/aromatic N) is 4. The quantitative estimate of drug-likeness (QED) is 0.134. The zero-order chi connectivity index (χ0) is 34.3. The van der Waals surface area contributed by atoms with E-state index in [4.69, 9.17) is 18.9 Å². The molecule has 1 aliphatic heterocycles. The molecule has 0 spiro atoms. The number of pyridine rings is 2. The van der Waals surface area contributed by atoms with E-state index >= 15 is 0 Å². The first-order chi connectivity index (χ1) is 23.9. The average Bonchev–Trinajstić information content (AvgIpc) is 3.13. The molecule has 0 radical (unpaired) electrons. The first kappa shape index (κ1) is 33.7. The van der Waals surface area contributed by atoms with E-state index in [-0.39, 0.29) is 6.04 Å². The number of hydrogen-bond donors (Lipinski definition) is 0. The standard InChI is InChI=1S/C39H40F2N4O4/c1-46-34-7-5-32(6-8-34)45(25-27-10-14-42-35(18-27)28-19-30(40)23-31(41)20-28)33-11-15-44(16-12-33)24-26-9-13-43-36(17-26)29-21-37(47-2)39(49-4)38(22-29)48-3/h5-10,13-14,17-23,33H,11-12,15-16,24-25H2,1-4H3. The minimum atomic E-state index is -0.627. The van der Waals surface area contributed by atoms with Gasteiger partial charge in [0.05, 0.1) is 39.8 Å². The highest BCUT2D eigenvalue weighted by Gasteiger charge is 2.26. The summed E-state index contributed by atoms with van der Waals surface area (Å²) >= 11 is 0. The van der Waals surface area contributed by atoms with Crippen LogP contribution in [0.1, 0.15) is 24.0 Å². The summed E-state index contributed by atoms with van der Waals surface area (Å²) in [5.74, 6) is 1.25. The van der Waals surface area contributed by atoms with Gasteiger partial charge in [0.15, 0.2) is 11.5 Å². The predicted octanol–water partition coefficient (Wildman–Crippen LogP) is 7.79. The van der Waals surface area contributed by atoms with E-state index in [9.17, 15) is 8.78 Å². The molecule has 0 saturated carbocycles. The molecule has 0 atom stereocenters. The number of ether oxygens (including phenoxy) is 4. The molecule has 0 aliphatic carbocycles. The van der Waals surface area contributed by atoms with Crippen LogP contribution in [0.2, 0.25) is 0 Å². The van der Waals surface area contributed by atoms with Gasteiger partial charge < -0.3 is 23.8 Å². The minimum Gasteiger partial charge on any atom is -0.497 e. The highest BCUT2D eigenvalue weighted by Crippen LogP contribution is 2.41. The highest BCUT2D eigenvalue weighted by atomic mass is 19.1. The molecule has 3 aromatic carbocycles. The molecule has 3 heterocycles. The highest BCUT2D eigenvalue weighted by molar-refractivity contribution is 5.69. The normalized spacial score (nSPS) is 13.6. The monoisotopic (exact) mass is 666 g/mol. The molecule has 1 saturated heterocycles. The van der Waals surface area contributed by atoms with Gasteiger partial charge in [-0.3, -0.25) is 14.9 Å². The zero-order valence-corrected chi connectivity index (χ0v) is 28.2. The van der Waals surface area contributed by atoms with Crippen LogP contribution >= 0.6 is 0 Å². The second kappa shape index (κ2) is 15.3. The first-order valence-corrected chi connectivity index (χ1v) is 16.2. The van der Waals surface area contributed by atoms with Gasteiger partial charge in [-0.15, -0.1) is 0 Å². The van der Waals surface area contributed by atoms with Crippen LogP contribution in [0.5, 0.6) is 23.0 Å². The maximum Gasteiger partial charge on any atom is 0.203 e. The summed E-state index contributed by atoms with van der Waals surface area (Å²) in [5.41, 5.74) is 5.91. The van der Waals surface area contributed by atoms with Gasteiger partial charge in [-0.25, -0.2) is 8.78 Å². The molecule has 49 heavy (non-hydrogen) atoms.